The third kappa shape index (κ3) is 3.73. The first-order valence-corrected chi connectivity index (χ1v) is 7.97. The van der Waals surface area contributed by atoms with Crippen molar-refractivity contribution in [2.24, 2.45) is 0 Å². The molecule has 0 fully saturated rings. The summed E-state index contributed by atoms with van der Waals surface area (Å²) in [6.45, 7) is 4.57. The monoisotopic (exact) mass is 341 g/mol. The molecule has 0 aliphatic heterocycles. The zero-order valence-electron chi connectivity index (χ0n) is 14.0. The van der Waals surface area contributed by atoms with Gasteiger partial charge in [-0.25, -0.2) is 8.78 Å². The highest BCUT2D eigenvalue weighted by molar-refractivity contribution is 5.48. The van der Waals surface area contributed by atoms with Crippen molar-refractivity contribution in [2.75, 3.05) is 7.11 Å². The first kappa shape index (κ1) is 17.2. The molecule has 1 unspecified atom stereocenters. The molecule has 0 saturated heterocycles. The van der Waals surface area contributed by atoms with Crippen LogP contribution < -0.4 is 4.74 Å². The molecule has 1 aliphatic carbocycles. The minimum Gasteiger partial charge on any atom is -0.494 e. The molecule has 0 bridgehead atoms. The maximum absolute atomic E-state index is 13.8. The quantitative estimate of drug-likeness (QED) is 0.738. The second kappa shape index (κ2) is 7.09. The van der Waals surface area contributed by atoms with E-state index in [1.54, 1.807) is 18.2 Å². The van der Waals surface area contributed by atoms with Gasteiger partial charge in [-0.1, -0.05) is 30.3 Å². The average Bonchev–Trinajstić information content (AvgIpc) is 2.63. The van der Waals surface area contributed by atoms with Crippen LogP contribution >= 0.6 is 0 Å². The average molecular weight is 341 g/mol. The smallest absolute Gasteiger partial charge is 0.160 e. The van der Waals surface area contributed by atoms with Crippen molar-refractivity contribution in [1.29, 1.82) is 0 Å². The first-order valence-electron chi connectivity index (χ1n) is 7.97. The van der Waals surface area contributed by atoms with E-state index in [1.165, 1.54) is 25.3 Å². The number of para-hydroxylation sites is 1. The summed E-state index contributed by atoms with van der Waals surface area (Å²) in [7, 11) is 1.43. The van der Waals surface area contributed by atoms with Gasteiger partial charge < -0.3 is 9.47 Å². The molecule has 0 heterocycles. The molecule has 2 aromatic carbocycles. The summed E-state index contributed by atoms with van der Waals surface area (Å²) in [5, 5.41) is 0. The van der Waals surface area contributed by atoms with Gasteiger partial charge in [-0.3, -0.25) is 0 Å². The molecule has 1 aliphatic rings. The van der Waals surface area contributed by atoms with Gasteiger partial charge in [-0.05, 0) is 49.3 Å². The molecule has 0 N–H and O–H groups in total. The SMILES string of the molecule is [CH2]C1(c2ccccc2OCc2ccc(F)cc2)C=C(OC)C(F)=CC1. The van der Waals surface area contributed by atoms with Crippen LogP contribution in [0.2, 0.25) is 0 Å². The van der Waals surface area contributed by atoms with Crippen LogP contribution in [-0.4, -0.2) is 7.11 Å². The fraction of sp³-hybridized carbons (Fsp3) is 0.190. The van der Waals surface area contributed by atoms with Crippen LogP contribution in [0.25, 0.3) is 0 Å². The summed E-state index contributed by atoms with van der Waals surface area (Å²) in [6, 6.07) is 13.7. The Balaban J connectivity index is 1.86. The summed E-state index contributed by atoms with van der Waals surface area (Å²) in [5.41, 5.74) is 1.02. The first-order chi connectivity index (χ1) is 12.0. The van der Waals surface area contributed by atoms with E-state index in [-0.39, 0.29) is 17.4 Å². The molecule has 4 heteroatoms. The molecule has 1 atom stereocenters. The lowest BCUT2D eigenvalue weighted by atomic mass is 9.76. The number of methoxy groups -OCH3 is 1. The van der Waals surface area contributed by atoms with Crippen molar-refractivity contribution in [1.82, 2.24) is 0 Å². The van der Waals surface area contributed by atoms with Gasteiger partial charge in [0.25, 0.3) is 0 Å². The molecule has 0 aromatic heterocycles. The van der Waals surface area contributed by atoms with Crippen molar-refractivity contribution in [2.45, 2.75) is 18.4 Å². The fourth-order valence-electron chi connectivity index (χ4n) is 2.84. The van der Waals surface area contributed by atoms with Gasteiger partial charge in [0, 0.05) is 11.0 Å². The van der Waals surface area contributed by atoms with E-state index in [2.05, 4.69) is 6.92 Å². The minimum atomic E-state index is -0.680. The van der Waals surface area contributed by atoms with Gasteiger partial charge in [0.05, 0.1) is 7.11 Å². The number of allylic oxidation sites excluding steroid dienone is 3. The van der Waals surface area contributed by atoms with E-state index < -0.39 is 5.41 Å². The predicted octanol–water partition coefficient (Wildman–Crippen LogP) is 5.26. The highest BCUT2D eigenvalue weighted by Gasteiger charge is 2.31. The van der Waals surface area contributed by atoms with Gasteiger partial charge in [0.15, 0.2) is 11.6 Å². The molecular formula is C21H19F2O2. The molecule has 0 saturated carbocycles. The van der Waals surface area contributed by atoms with Crippen molar-refractivity contribution >= 4 is 0 Å². The Hall–Kier alpha value is -2.62. The molecule has 0 amide bonds. The minimum absolute atomic E-state index is 0.176. The summed E-state index contributed by atoms with van der Waals surface area (Å²) in [5.74, 6) is 0.166. The summed E-state index contributed by atoms with van der Waals surface area (Å²) >= 11 is 0. The Morgan fingerprint density at radius 2 is 1.80 bits per heavy atom. The van der Waals surface area contributed by atoms with Gasteiger partial charge in [-0.15, -0.1) is 0 Å². The van der Waals surface area contributed by atoms with Crippen LogP contribution in [-0.2, 0) is 16.8 Å². The maximum atomic E-state index is 13.8. The van der Waals surface area contributed by atoms with Crippen molar-refractivity contribution in [3.05, 3.63) is 96.1 Å². The maximum Gasteiger partial charge on any atom is 0.160 e. The fourth-order valence-corrected chi connectivity index (χ4v) is 2.84. The van der Waals surface area contributed by atoms with Crippen molar-refractivity contribution < 1.29 is 18.3 Å². The zero-order valence-corrected chi connectivity index (χ0v) is 14.0. The van der Waals surface area contributed by atoms with Crippen LogP contribution in [0.15, 0.2) is 72.3 Å². The molecule has 0 spiro atoms. The summed E-state index contributed by atoms with van der Waals surface area (Å²) < 4.78 is 37.8. The lowest BCUT2D eigenvalue weighted by molar-refractivity contribution is 0.271. The second-order valence-corrected chi connectivity index (χ2v) is 6.04. The standard InChI is InChI=1S/C21H19F2O2/c1-21(12-11-18(23)20(13-21)24-2)17-5-3-4-6-19(17)25-14-15-7-9-16(22)10-8-15/h3-11,13H,1,12,14H2,2H3. The number of ether oxygens (including phenoxy) is 2. The highest BCUT2D eigenvalue weighted by Crippen LogP contribution is 2.41. The third-order valence-corrected chi connectivity index (χ3v) is 4.24. The number of hydrogen-bond donors (Lipinski definition) is 0. The third-order valence-electron chi connectivity index (χ3n) is 4.24. The van der Waals surface area contributed by atoms with E-state index in [0.29, 0.717) is 18.8 Å². The Kier molecular flexibility index (Phi) is 4.88. The second-order valence-electron chi connectivity index (χ2n) is 6.04. The summed E-state index contributed by atoms with van der Waals surface area (Å²) in [4.78, 5) is 0. The van der Waals surface area contributed by atoms with E-state index >= 15 is 0 Å². The largest absolute Gasteiger partial charge is 0.494 e. The number of halogens is 2. The Morgan fingerprint density at radius 1 is 1.08 bits per heavy atom. The lowest BCUT2D eigenvalue weighted by Gasteiger charge is -2.30. The Labute approximate surface area is 146 Å². The van der Waals surface area contributed by atoms with E-state index in [1.807, 2.05) is 24.3 Å². The van der Waals surface area contributed by atoms with Crippen LogP contribution in [0, 0.1) is 12.7 Å². The van der Waals surface area contributed by atoms with Gasteiger partial charge in [-0.2, -0.15) is 0 Å². The Bertz CT molecular complexity index is 809. The topological polar surface area (TPSA) is 18.5 Å². The van der Waals surface area contributed by atoms with Crippen molar-refractivity contribution in [3.8, 4) is 5.75 Å². The molecular weight excluding hydrogens is 322 g/mol. The number of hydrogen-bond acceptors (Lipinski definition) is 2. The van der Waals surface area contributed by atoms with Crippen LogP contribution in [0.5, 0.6) is 5.75 Å². The van der Waals surface area contributed by atoms with E-state index in [9.17, 15) is 8.78 Å². The normalized spacial score (nSPS) is 19.8. The molecule has 1 radical (unpaired) electrons. The molecule has 2 nitrogen and oxygen atoms in total. The van der Waals surface area contributed by atoms with Gasteiger partial charge in [0.2, 0.25) is 0 Å². The van der Waals surface area contributed by atoms with E-state index in [4.69, 9.17) is 9.47 Å². The molecule has 3 rings (SSSR count). The Morgan fingerprint density at radius 3 is 2.52 bits per heavy atom. The molecule has 129 valence electrons. The zero-order chi connectivity index (χ0) is 17.9. The van der Waals surface area contributed by atoms with Crippen LogP contribution in [0.1, 0.15) is 17.5 Å². The number of rotatable bonds is 5. The lowest BCUT2D eigenvalue weighted by Crippen LogP contribution is -2.23. The molecule has 2 aromatic rings. The van der Waals surface area contributed by atoms with Gasteiger partial charge in [0.1, 0.15) is 18.2 Å². The molecule has 25 heavy (non-hydrogen) atoms. The van der Waals surface area contributed by atoms with Crippen molar-refractivity contribution in [3.63, 3.8) is 0 Å². The van der Waals surface area contributed by atoms with E-state index in [0.717, 1.165) is 11.1 Å². The predicted molar refractivity (Wildman–Crippen MR) is 93.1 cm³/mol. The highest BCUT2D eigenvalue weighted by atomic mass is 19.1. The van der Waals surface area contributed by atoms with Gasteiger partial charge >= 0.3 is 0 Å². The number of benzene rings is 2. The summed E-state index contributed by atoms with van der Waals surface area (Å²) in [6.07, 6.45) is 3.56. The van der Waals surface area contributed by atoms with Crippen LogP contribution in [0.4, 0.5) is 8.78 Å². The van der Waals surface area contributed by atoms with Crippen LogP contribution in [0.3, 0.4) is 0 Å².